The fourth-order valence-corrected chi connectivity index (χ4v) is 3.02. The van der Waals surface area contributed by atoms with E-state index in [0.29, 0.717) is 49.2 Å². The minimum Gasteiger partial charge on any atom is -0.469 e. The number of fused-ring (bicyclic) bond motifs is 1. The van der Waals surface area contributed by atoms with E-state index >= 15 is 0 Å². The monoisotopic (exact) mass is 383 g/mol. The summed E-state index contributed by atoms with van der Waals surface area (Å²) >= 11 is 0. The van der Waals surface area contributed by atoms with Gasteiger partial charge < -0.3 is 14.5 Å². The Bertz CT molecular complexity index is 1140. The van der Waals surface area contributed by atoms with Crippen molar-refractivity contribution in [2.75, 3.05) is 13.2 Å². The summed E-state index contributed by atoms with van der Waals surface area (Å²) < 4.78 is 13.4. The van der Waals surface area contributed by atoms with E-state index < -0.39 is 0 Å². The van der Waals surface area contributed by atoms with Gasteiger partial charge in [0.15, 0.2) is 5.65 Å². The smallest absolute Gasteiger partial charge is 0.332 e. The van der Waals surface area contributed by atoms with Crippen LogP contribution in [0.2, 0.25) is 0 Å². The van der Waals surface area contributed by atoms with Crippen LogP contribution >= 0.6 is 0 Å². The van der Waals surface area contributed by atoms with E-state index in [-0.39, 0.29) is 17.4 Å². The summed E-state index contributed by atoms with van der Waals surface area (Å²) in [6.45, 7) is 5.55. The van der Waals surface area contributed by atoms with E-state index in [2.05, 4.69) is 15.0 Å². The maximum atomic E-state index is 12.5. The van der Waals surface area contributed by atoms with E-state index in [1.165, 1.54) is 9.13 Å². The van der Waals surface area contributed by atoms with Crippen molar-refractivity contribution in [3.05, 3.63) is 50.6 Å². The molecular formula is C19H21N5O4. The Hall–Kier alpha value is -3.20. The van der Waals surface area contributed by atoms with Crippen LogP contribution in [0.25, 0.3) is 23.3 Å². The Morgan fingerprint density at radius 2 is 2.00 bits per heavy atom. The van der Waals surface area contributed by atoms with Gasteiger partial charge >= 0.3 is 5.69 Å². The summed E-state index contributed by atoms with van der Waals surface area (Å²) in [5.74, 6) is 1.05. The number of aryl methyl sites for hydroxylation is 1. The van der Waals surface area contributed by atoms with Crippen molar-refractivity contribution < 1.29 is 9.47 Å². The van der Waals surface area contributed by atoms with E-state index in [1.54, 1.807) is 25.3 Å². The quantitative estimate of drug-likeness (QED) is 0.687. The SMILES string of the molecule is CCn1c(=O)c2[nH]c(C=Cc3ccc(OC4COC4)nc3)nc2n(CC)c1=O. The number of nitrogens with one attached hydrogen (secondary N) is 1. The second-order valence-electron chi connectivity index (χ2n) is 6.44. The molecule has 4 rings (SSSR count). The lowest BCUT2D eigenvalue weighted by molar-refractivity contribution is -0.0813. The summed E-state index contributed by atoms with van der Waals surface area (Å²) in [5.41, 5.74) is 0.846. The number of hydrogen-bond donors (Lipinski definition) is 1. The van der Waals surface area contributed by atoms with Gasteiger partial charge in [0, 0.05) is 25.4 Å². The van der Waals surface area contributed by atoms with Gasteiger partial charge in [0.2, 0.25) is 5.88 Å². The maximum Gasteiger partial charge on any atom is 0.332 e. The third kappa shape index (κ3) is 3.24. The van der Waals surface area contributed by atoms with Crippen molar-refractivity contribution in [2.24, 2.45) is 0 Å². The molecule has 0 radical (unpaired) electrons. The fraction of sp³-hybridized carbons (Fsp3) is 0.368. The third-order valence-electron chi connectivity index (χ3n) is 4.60. The molecule has 146 valence electrons. The van der Waals surface area contributed by atoms with Crippen LogP contribution in [-0.2, 0) is 17.8 Å². The van der Waals surface area contributed by atoms with Gasteiger partial charge in [0.1, 0.15) is 17.4 Å². The van der Waals surface area contributed by atoms with Crippen LogP contribution in [0.4, 0.5) is 0 Å². The Morgan fingerprint density at radius 1 is 1.21 bits per heavy atom. The predicted molar refractivity (Wildman–Crippen MR) is 104 cm³/mol. The summed E-state index contributed by atoms with van der Waals surface area (Å²) in [6, 6.07) is 3.68. The minimum absolute atomic E-state index is 0.0766. The van der Waals surface area contributed by atoms with Crippen LogP contribution < -0.4 is 16.0 Å². The molecule has 0 aromatic carbocycles. The first-order chi connectivity index (χ1) is 13.6. The van der Waals surface area contributed by atoms with Crippen LogP contribution in [0.15, 0.2) is 27.9 Å². The Labute approximate surface area is 160 Å². The lowest BCUT2D eigenvalue weighted by Gasteiger charge is -2.25. The van der Waals surface area contributed by atoms with E-state index in [1.807, 2.05) is 19.1 Å². The number of hydrogen-bond acceptors (Lipinski definition) is 6. The number of aromatic amines is 1. The normalized spacial score (nSPS) is 14.6. The number of nitrogens with zero attached hydrogens (tertiary/aromatic N) is 4. The van der Waals surface area contributed by atoms with Gasteiger partial charge in [0.05, 0.1) is 13.2 Å². The van der Waals surface area contributed by atoms with Gasteiger partial charge in [0.25, 0.3) is 5.56 Å². The highest BCUT2D eigenvalue weighted by molar-refractivity contribution is 5.75. The highest BCUT2D eigenvalue weighted by Gasteiger charge is 2.20. The molecule has 9 nitrogen and oxygen atoms in total. The highest BCUT2D eigenvalue weighted by atomic mass is 16.6. The van der Waals surface area contributed by atoms with Gasteiger partial charge in [-0.05, 0) is 37.6 Å². The van der Waals surface area contributed by atoms with Crippen LogP contribution in [0, 0.1) is 0 Å². The van der Waals surface area contributed by atoms with E-state index in [9.17, 15) is 9.59 Å². The fourth-order valence-electron chi connectivity index (χ4n) is 3.02. The number of pyridine rings is 1. The molecule has 1 saturated heterocycles. The number of rotatable bonds is 6. The molecule has 28 heavy (non-hydrogen) atoms. The Kier molecular flexibility index (Phi) is 4.82. The number of H-pyrrole nitrogens is 1. The van der Waals surface area contributed by atoms with Crippen molar-refractivity contribution in [3.63, 3.8) is 0 Å². The molecule has 0 saturated carbocycles. The molecule has 1 N–H and O–H groups in total. The van der Waals surface area contributed by atoms with Crippen molar-refractivity contribution in [1.82, 2.24) is 24.1 Å². The van der Waals surface area contributed by atoms with Crippen molar-refractivity contribution in [2.45, 2.75) is 33.0 Å². The third-order valence-corrected chi connectivity index (χ3v) is 4.60. The largest absolute Gasteiger partial charge is 0.469 e. The molecule has 0 bridgehead atoms. The molecule has 1 fully saturated rings. The number of aromatic nitrogens is 5. The number of imidazole rings is 1. The zero-order valence-corrected chi connectivity index (χ0v) is 15.7. The van der Waals surface area contributed by atoms with Gasteiger partial charge in [-0.25, -0.2) is 14.8 Å². The van der Waals surface area contributed by atoms with Crippen molar-refractivity contribution >= 4 is 23.3 Å². The zero-order chi connectivity index (χ0) is 19.7. The molecule has 0 atom stereocenters. The van der Waals surface area contributed by atoms with Crippen molar-refractivity contribution in [1.29, 1.82) is 0 Å². The first-order valence-electron chi connectivity index (χ1n) is 9.22. The van der Waals surface area contributed by atoms with Gasteiger partial charge in [-0.3, -0.25) is 13.9 Å². The minimum atomic E-state index is -0.359. The molecule has 0 spiro atoms. The molecule has 0 unspecified atom stereocenters. The molecule has 1 aliphatic heterocycles. The molecule has 3 aromatic heterocycles. The zero-order valence-electron chi connectivity index (χ0n) is 15.7. The second-order valence-corrected chi connectivity index (χ2v) is 6.44. The van der Waals surface area contributed by atoms with Gasteiger partial charge in [-0.15, -0.1) is 0 Å². The molecule has 0 amide bonds. The predicted octanol–water partition coefficient (Wildman–Crippen LogP) is 1.27. The average molecular weight is 383 g/mol. The Balaban J connectivity index is 1.61. The molecule has 3 aromatic rings. The number of ether oxygens (including phenoxy) is 2. The topological polar surface area (TPSA) is 104 Å². The molecular weight excluding hydrogens is 362 g/mol. The second kappa shape index (κ2) is 7.43. The first-order valence-corrected chi connectivity index (χ1v) is 9.22. The molecule has 9 heteroatoms. The summed E-state index contributed by atoms with van der Waals surface area (Å²) in [5, 5.41) is 0. The first kappa shape index (κ1) is 18.2. The molecule has 1 aliphatic rings. The van der Waals surface area contributed by atoms with Crippen LogP contribution in [0.1, 0.15) is 25.2 Å². The van der Waals surface area contributed by atoms with Gasteiger partial charge in [-0.1, -0.05) is 0 Å². The van der Waals surface area contributed by atoms with Gasteiger partial charge in [-0.2, -0.15) is 0 Å². The van der Waals surface area contributed by atoms with Crippen LogP contribution in [-0.4, -0.2) is 43.4 Å². The van der Waals surface area contributed by atoms with E-state index in [4.69, 9.17) is 9.47 Å². The van der Waals surface area contributed by atoms with Crippen LogP contribution in [0.3, 0.4) is 0 Å². The molecule has 0 aliphatic carbocycles. The maximum absolute atomic E-state index is 12.5. The highest BCUT2D eigenvalue weighted by Crippen LogP contribution is 2.15. The molecule has 4 heterocycles. The van der Waals surface area contributed by atoms with E-state index in [0.717, 1.165) is 5.56 Å². The Morgan fingerprint density at radius 3 is 2.61 bits per heavy atom. The lowest BCUT2D eigenvalue weighted by Crippen LogP contribution is -2.39. The summed E-state index contributed by atoms with van der Waals surface area (Å²) in [4.78, 5) is 36.6. The average Bonchev–Trinajstić information content (AvgIpc) is 3.09. The summed E-state index contributed by atoms with van der Waals surface area (Å²) in [6.07, 6.45) is 5.35. The standard InChI is InChI=1S/C19H21N5O4/c1-3-23-17-16(18(25)24(4-2)19(23)26)21-14(22-17)7-5-12-6-8-15(20-9-12)28-13-10-27-11-13/h5-9,13H,3-4,10-11H2,1-2H3,(H,21,22). The lowest BCUT2D eigenvalue weighted by atomic mass is 10.2. The van der Waals surface area contributed by atoms with Crippen molar-refractivity contribution in [3.8, 4) is 5.88 Å². The summed E-state index contributed by atoms with van der Waals surface area (Å²) in [7, 11) is 0. The van der Waals surface area contributed by atoms with Crippen LogP contribution in [0.5, 0.6) is 5.88 Å².